The minimum Gasteiger partial charge on any atom is -0.354 e. The van der Waals surface area contributed by atoms with Gasteiger partial charge in [0, 0.05) is 17.7 Å². The standard InChI is InChI=1S/C17H7F5N2O3S/c18-9-3-12(19)16-14(4-9)24-13(6-15(16)25)11-5-10(2-1-8(11)7-23)28(26,27)17(20,21)22/h1-6H,(H,24,25). The predicted molar refractivity (Wildman–Crippen MR) is 87.9 cm³/mol. The lowest BCUT2D eigenvalue weighted by molar-refractivity contribution is -0.0436. The lowest BCUT2D eigenvalue weighted by Crippen LogP contribution is -2.23. The molecule has 11 heteroatoms. The van der Waals surface area contributed by atoms with Gasteiger partial charge >= 0.3 is 5.51 Å². The van der Waals surface area contributed by atoms with Gasteiger partial charge in [-0.2, -0.15) is 18.4 Å². The molecule has 0 radical (unpaired) electrons. The number of halogens is 5. The molecule has 1 heterocycles. The Morgan fingerprint density at radius 1 is 1.04 bits per heavy atom. The highest BCUT2D eigenvalue weighted by atomic mass is 32.2. The number of alkyl halides is 3. The SMILES string of the molecule is N#Cc1ccc(S(=O)(=O)C(F)(F)F)cc1-c1cc(=O)c2c(F)cc(F)cc2[nH]1. The highest BCUT2D eigenvalue weighted by Crippen LogP contribution is 2.33. The van der Waals surface area contributed by atoms with Crippen LogP contribution in [0, 0.1) is 23.0 Å². The maximum absolute atomic E-state index is 13.8. The summed E-state index contributed by atoms with van der Waals surface area (Å²) in [5, 5.41) is 8.67. The zero-order valence-corrected chi connectivity index (χ0v) is 14.3. The number of benzene rings is 2. The summed E-state index contributed by atoms with van der Waals surface area (Å²) < 4.78 is 88.9. The van der Waals surface area contributed by atoms with Gasteiger partial charge < -0.3 is 4.98 Å². The number of aromatic amines is 1. The Balaban J connectivity index is 2.34. The van der Waals surface area contributed by atoms with E-state index in [2.05, 4.69) is 4.98 Å². The average molecular weight is 414 g/mol. The number of hydrogen-bond acceptors (Lipinski definition) is 4. The van der Waals surface area contributed by atoms with E-state index in [4.69, 9.17) is 0 Å². The fourth-order valence-electron chi connectivity index (χ4n) is 2.60. The maximum atomic E-state index is 13.8. The van der Waals surface area contributed by atoms with Crippen LogP contribution in [0.4, 0.5) is 22.0 Å². The van der Waals surface area contributed by atoms with Gasteiger partial charge in [-0.25, -0.2) is 17.2 Å². The number of hydrogen-bond donors (Lipinski definition) is 1. The Kier molecular flexibility index (Phi) is 4.47. The fourth-order valence-corrected chi connectivity index (χ4v) is 3.38. The minimum atomic E-state index is -5.72. The van der Waals surface area contributed by atoms with Crippen molar-refractivity contribution in [1.82, 2.24) is 4.98 Å². The summed E-state index contributed by atoms with van der Waals surface area (Å²) in [5.74, 6) is -2.18. The number of nitriles is 1. The number of pyridine rings is 1. The molecule has 0 spiro atoms. The summed E-state index contributed by atoms with van der Waals surface area (Å²) in [7, 11) is -5.72. The first-order chi connectivity index (χ1) is 13.0. The third kappa shape index (κ3) is 3.11. The van der Waals surface area contributed by atoms with Crippen LogP contribution in [0.15, 0.2) is 46.1 Å². The Hall–Kier alpha value is -3.26. The molecule has 0 unspecified atom stereocenters. The lowest BCUT2D eigenvalue weighted by atomic mass is 10.0. The van der Waals surface area contributed by atoms with E-state index < -0.39 is 42.7 Å². The Morgan fingerprint density at radius 3 is 2.32 bits per heavy atom. The average Bonchev–Trinajstić information content (AvgIpc) is 2.59. The van der Waals surface area contributed by atoms with E-state index in [1.54, 1.807) is 6.07 Å². The van der Waals surface area contributed by atoms with Crippen LogP contribution in [-0.2, 0) is 9.84 Å². The monoisotopic (exact) mass is 414 g/mol. The zero-order valence-electron chi connectivity index (χ0n) is 13.4. The van der Waals surface area contributed by atoms with Gasteiger partial charge in [-0.1, -0.05) is 0 Å². The summed E-state index contributed by atoms with van der Waals surface area (Å²) >= 11 is 0. The van der Waals surface area contributed by atoms with Crippen LogP contribution in [0.3, 0.4) is 0 Å². The van der Waals surface area contributed by atoms with Crippen molar-refractivity contribution in [2.45, 2.75) is 10.4 Å². The van der Waals surface area contributed by atoms with Gasteiger partial charge in [0.2, 0.25) is 0 Å². The van der Waals surface area contributed by atoms with Crippen molar-refractivity contribution in [1.29, 1.82) is 5.26 Å². The first-order valence-electron chi connectivity index (χ1n) is 7.33. The summed E-state index contributed by atoms with van der Waals surface area (Å²) in [6.45, 7) is 0. The van der Waals surface area contributed by atoms with Crippen LogP contribution in [0.5, 0.6) is 0 Å². The van der Waals surface area contributed by atoms with Gasteiger partial charge in [0.15, 0.2) is 5.43 Å². The molecular weight excluding hydrogens is 407 g/mol. The van der Waals surface area contributed by atoms with Crippen molar-refractivity contribution in [3.63, 3.8) is 0 Å². The molecule has 0 saturated heterocycles. The number of aromatic nitrogens is 1. The van der Waals surface area contributed by atoms with Gasteiger partial charge in [-0.05, 0) is 24.3 Å². The van der Waals surface area contributed by atoms with Crippen LogP contribution in [0.2, 0.25) is 0 Å². The van der Waals surface area contributed by atoms with E-state index in [0.29, 0.717) is 18.2 Å². The van der Waals surface area contributed by atoms with Crippen LogP contribution in [-0.4, -0.2) is 18.9 Å². The van der Waals surface area contributed by atoms with Crippen molar-refractivity contribution in [3.05, 3.63) is 63.8 Å². The van der Waals surface area contributed by atoms with Crippen molar-refractivity contribution in [2.75, 3.05) is 0 Å². The number of H-pyrrole nitrogens is 1. The number of rotatable bonds is 2. The molecule has 0 bridgehead atoms. The third-order valence-electron chi connectivity index (χ3n) is 3.86. The smallest absolute Gasteiger partial charge is 0.354 e. The highest BCUT2D eigenvalue weighted by molar-refractivity contribution is 7.92. The molecule has 0 aliphatic carbocycles. The molecule has 0 aliphatic heterocycles. The summed E-state index contributed by atoms with van der Waals surface area (Å²) in [5.41, 5.74) is -7.72. The molecule has 0 saturated carbocycles. The molecule has 0 fully saturated rings. The van der Waals surface area contributed by atoms with E-state index >= 15 is 0 Å². The summed E-state index contributed by atoms with van der Waals surface area (Å²) in [4.78, 5) is 13.5. The largest absolute Gasteiger partial charge is 0.501 e. The first kappa shape index (κ1) is 19.5. The number of fused-ring (bicyclic) bond motifs is 1. The van der Waals surface area contributed by atoms with Crippen molar-refractivity contribution < 1.29 is 30.4 Å². The molecule has 28 heavy (non-hydrogen) atoms. The van der Waals surface area contributed by atoms with Crippen LogP contribution in [0.25, 0.3) is 22.2 Å². The second-order valence-electron chi connectivity index (χ2n) is 5.63. The van der Waals surface area contributed by atoms with Gasteiger partial charge in [0.25, 0.3) is 9.84 Å². The first-order valence-corrected chi connectivity index (χ1v) is 8.82. The highest BCUT2D eigenvalue weighted by Gasteiger charge is 2.47. The van der Waals surface area contributed by atoms with E-state index in [9.17, 15) is 40.4 Å². The van der Waals surface area contributed by atoms with E-state index in [-0.39, 0.29) is 22.3 Å². The molecule has 1 aromatic heterocycles. The molecule has 3 rings (SSSR count). The molecular formula is C17H7F5N2O3S. The Bertz CT molecular complexity index is 1320. The van der Waals surface area contributed by atoms with Crippen molar-refractivity contribution >= 4 is 20.7 Å². The predicted octanol–water partition coefficient (Wildman–Crippen LogP) is 3.64. The molecule has 144 valence electrons. The van der Waals surface area contributed by atoms with E-state index in [1.165, 1.54) is 0 Å². The fraction of sp³-hybridized carbons (Fsp3) is 0.0588. The molecule has 0 amide bonds. The molecule has 3 aromatic rings. The number of nitrogens with zero attached hydrogens (tertiary/aromatic N) is 1. The van der Waals surface area contributed by atoms with Crippen LogP contribution >= 0.6 is 0 Å². The quantitative estimate of drug-likeness (QED) is 0.649. The normalized spacial score (nSPS) is 12.1. The van der Waals surface area contributed by atoms with Gasteiger partial charge in [-0.15, -0.1) is 0 Å². The van der Waals surface area contributed by atoms with Crippen LogP contribution in [0.1, 0.15) is 5.56 Å². The third-order valence-corrected chi connectivity index (χ3v) is 5.35. The van der Waals surface area contributed by atoms with E-state index in [0.717, 1.165) is 18.2 Å². The van der Waals surface area contributed by atoms with Crippen molar-refractivity contribution in [2.24, 2.45) is 0 Å². The number of nitrogens with one attached hydrogen (secondary N) is 1. The molecule has 0 atom stereocenters. The molecule has 0 aliphatic rings. The second-order valence-corrected chi connectivity index (χ2v) is 7.57. The minimum absolute atomic E-state index is 0.256. The lowest BCUT2D eigenvalue weighted by Gasteiger charge is -2.11. The Labute approximate surface area is 153 Å². The van der Waals surface area contributed by atoms with Crippen LogP contribution < -0.4 is 5.43 Å². The van der Waals surface area contributed by atoms with Gasteiger partial charge in [-0.3, -0.25) is 4.79 Å². The number of sulfone groups is 1. The van der Waals surface area contributed by atoms with Gasteiger partial charge in [0.1, 0.15) is 11.6 Å². The zero-order chi connectivity index (χ0) is 20.9. The second kappa shape index (κ2) is 6.42. The van der Waals surface area contributed by atoms with E-state index in [1.807, 2.05) is 0 Å². The van der Waals surface area contributed by atoms with Gasteiger partial charge in [0.05, 0.1) is 33.1 Å². The van der Waals surface area contributed by atoms with Crippen molar-refractivity contribution in [3.8, 4) is 17.3 Å². The topological polar surface area (TPSA) is 90.8 Å². The Morgan fingerprint density at radius 2 is 1.71 bits per heavy atom. The molecule has 2 aromatic carbocycles. The summed E-state index contributed by atoms with van der Waals surface area (Å²) in [6.07, 6.45) is 0. The maximum Gasteiger partial charge on any atom is 0.501 e. The summed E-state index contributed by atoms with van der Waals surface area (Å²) in [6, 6.07) is 5.70. The molecule has 1 N–H and O–H groups in total. The molecule has 5 nitrogen and oxygen atoms in total.